The highest BCUT2D eigenvalue weighted by molar-refractivity contribution is 6.11. The molecule has 9 heteroatoms. The van der Waals surface area contributed by atoms with Crippen LogP contribution in [0.4, 0.5) is 5.69 Å². The van der Waals surface area contributed by atoms with Crippen LogP contribution in [0, 0.1) is 23.2 Å². The number of aliphatic hydroxyl groups is 1. The molecule has 0 saturated carbocycles. The Kier molecular flexibility index (Phi) is 4.66. The van der Waals surface area contributed by atoms with Crippen molar-refractivity contribution in [1.29, 1.82) is 5.26 Å². The van der Waals surface area contributed by atoms with Crippen LogP contribution >= 0.6 is 0 Å². The number of hydrogen-bond acceptors (Lipinski definition) is 6. The first-order valence-corrected chi connectivity index (χ1v) is 9.06. The maximum absolute atomic E-state index is 12.6. The third-order valence-electron chi connectivity index (χ3n) is 4.82. The molecule has 1 atom stereocenters. The summed E-state index contributed by atoms with van der Waals surface area (Å²) in [6.45, 7) is 0.447. The van der Waals surface area contributed by atoms with Gasteiger partial charge in [0.05, 0.1) is 10.9 Å². The zero-order valence-corrected chi connectivity index (χ0v) is 15.9. The SMILES string of the molecule is CN1CC[C@@](O)(C#Cc2cccc(NC(=O)c3n[nH]c4cc(C#N)ncc34)c2)C1=O. The van der Waals surface area contributed by atoms with E-state index in [9.17, 15) is 14.7 Å². The highest BCUT2D eigenvalue weighted by Crippen LogP contribution is 2.21. The molecule has 0 unspecified atom stereocenters. The van der Waals surface area contributed by atoms with Crippen LogP contribution < -0.4 is 5.32 Å². The standard InChI is InChI=1S/C21H16N6O3/c1-27-8-7-21(30,20(27)29)6-5-13-3-2-4-14(9-13)24-19(28)18-16-12-23-15(11-22)10-17(16)25-26-18/h2-4,9-10,12,30H,7-8H2,1H3,(H,24,28)(H,25,26)/t21-/m0/s1. The normalized spacial score (nSPS) is 18.0. The lowest BCUT2D eigenvalue weighted by Crippen LogP contribution is -2.37. The number of rotatable bonds is 2. The minimum Gasteiger partial charge on any atom is -0.369 e. The third-order valence-corrected chi connectivity index (χ3v) is 4.82. The van der Waals surface area contributed by atoms with Crippen LogP contribution in [0.1, 0.15) is 28.2 Å². The molecule has 30 heavy (non-hydrogen) atoms. The molecule has 1 saturated heterocycles. The number of aromatic amines is 1. The van der Waals surface area contributed by atoms with Crippen LogP contribution in [0.15, 0.2) is 36.5 Å². The summed E-state index contributed by atoms with van der Waals surface area (Å²) in [5, 5.41) is 29.3. The summed E-state index contributed by atoms with van der Waals surface area (Å²) >= 11 is 0. The van der Waals surface area contributed by atoms with E-state index in [-0.39, 0.29) is 17.8 Å². The number of H-pyrrole nitrogens is 1. The van der Waals surface area contributed by atoms with Gasteiger partial charge in [0, 0.05) is 43.5 Å². The van der Waals surface area contributed by atoms with E-state index in [1.165, 1.54) is 17.2 Å². The summed E-state index contributed by atoms with van der Waals surface area (Å²) in [6.07, 6.45) is 1.67. The van der Waals surface area contributed by atoms with Crippen molar-refractivity contribution in [2.45, 2.75) is 12.0 Å². The maximum Gasteiger partial charge on any atom is 0.276 e. The number of fused-ring (bicyclic) bond motifs is 1. The number of likely N-dealkylation sites (tertiary alicyclic amines) is 1. The Labute approximate surface area is 171 Å². The van der Waals surface area contributed by atoms with E-state index in [4.69, 9.17) is 5.26 Å². The molecule has 3 aromatic rings. The van der Waals surface area contributed by atoms with Gasteiger partial charge in [-0.05, 0) is 18.2 Å². The van der Waals surface area contributed by atoms with Crippen molar-refractivity contribution in [2.24, 2.45) is 0 Å². The number of pyridine rings is 1. The second-order valence-corrected chi connectivity index (χ2v) is 6.92. The van der Waals surface area contributed by atoms with Crippen molar-refractivity contribution >= 4 is 28.4 Å². The molecule has 1 aliphatic heterocycles. The Hall–Kier alpha value is -4.21. The van der Waals surface area contributed by atoms with Crippen LogP contribution in [-0.4, -0.2) is 56.2 Å². The van der Waals surface area contributed by atoms with Crippen molar-refractivity contribution < 1.29 is 14.7 Å². The monoisotopic (exact) mass is 400 g/mol. The molecule has 2 amide bonds. The molecule has 3 heterocycles. The molecule has 1 fully saturated rings. The fourth-order valence-electron chi connectivity index (χ4n) is 3.16. The van der Waals surface area contributed by atoms with Crippen LogP contribution in [0.2, 0.25) is 0 Å². The van der Waals surface area contributed by atoms with Crippen molar-refractivity contribution in [3.63, 3.8) is 0 Å². The van der Waals surface area contributed by atoms with Crippen molar-refractivity contribution in [3.8, 4) is 17.9 Å². The molecule has 3 N–H and O–H groups in total. The van der Waals surface area contributed by atoms with Gasteiger partial charge in [-0.1, -0.05) is 17.9 Å². The number of hydrogen-bond donors (Lipinski definition) is 3. The van der Waals surface area contributed by atoms with Gasteiger partial charge in [0.25, 0.3) is 11.8 Å². The molecular formula is C21H16N6O3. The lowest BCUT2D eigenvalue weighted by atomic mass is 10.0. The molecule has 1 aromatic carbocycles. The van der Waals surface area contributed by atoms with Gasteiger partial charge >= 0.3 is 0 Å². The molecule has 0 aliphatic carbocycles. The van der Waals surface area contributed by atoms with Gasteiger partial charge in [0.15, 0.2) is 5.69 Å². The van der Waals surface area contributed by atoms with Gasteiger partial charge in [-0.3, -0.25) is 14.7 Å². The number of anilines is 1. The fraction of sp³-hybridized carbons (Fsp3) is 0.190. The second kappa shape index (κ2) is 7.32. The van der Waals surface area contributed by atoms with E-state index in [2.05, 4.69) is 32.3 Å². The molecule has 2 aromatic heterocycles. The summed E-state index contributed by atoms with van der Waals surface area (Å²) in [6, 6.07) is 10.2. The zero-order valence-electron chi connectivity index (χ0n) is 15.9. The van der Waals surface area contributed by atoms with Crippen molar-refractivity contribution in [2.75, 3.05) is 18.9 Å². The number of carbonyl (C=O) groups excluding carboxylic acids is 2. The van der Waals surface area contributed by atoms with Crippen molar-refractivity contribution in [3.05, 3.63) is 53.5 Å². The molecule has 0 radical (unpaired) electrons. The number of aromatic nitrogens is 3. The molecule has 9 nitrogen and oxygen atoms in total. The minimum absolute atomic E-state index is 0.146. The smallest absolute Gasteiger partial charge is 0.276 e. The lowest BCUT2D eigenvalue weighted by molar-refractivity contribution is -0.137. The molecule has 4 rings (SSSR count). The first-order valence-electron chi connectivity index (χ1n) is 9.06. The largest absolute Gasteiger partial charge is 0.369 e. The summed E-state index contributed by atoms with van der Waals surface area (Å²) in [4.78, 5) is 30.1. The van der Waals surface area contributed by atoms with Gasteiger partial charge < -0.3 is 15.3 Å². The van der Waals surface area contributed by atoms with E-state index in [0.29, 0.717) is 28.7 Å². The van der Waals surface area contributed by atoms with Crippen LogP contribution in [0.5, 0.6) is 0 Å². The Morgan fingerprint density at radius 3 is 2.97 bits per heavy atom. The Balaban J connectivity index is 1.54. The van der Waals surface area contributed by atoms with Crippen molar-refractivity contribution in [1.82, 2.24) is 20.1 Å². The molecule has 148 valence electrons. The number of nitriles is 1. The zero-order chi connectivity index (χ0) is 21.3. The molecule has 1 aliphatic rings. The summed E-state index contributed by atoms with van der Waals surface area (Å²) < 4.78 is 0. The quantitative estimate of drug-likeness (QED) is 0.550. The first kappa shape index (κ1) is 19.1. The van der Waals surface area contributed by atoms with Gasteiger partial charge in [-0.25, -0.2) is 4.98 Å². The van der Waals surface area contributed by atoms with Gasteiger partial charge in [0.2, 0.25) is 5.60 Å². The van der Waals surface area contributed by atoms with Gasteiger partial charge in [0.1, 0.15) is 11.8 Å². The number of carbonyl (C=O) groups is 2. The topological polar surface area (TPSA) is 135 Å². The average Bonchev–Trinajstić information content (AvgIpc) is 3.29. The number of likely N-dealkylation sites (N-methyl/N-ethyl adjacent to an activating group) is 1. The summed E-state index contributed by atoms with van der Waals surface area (Å²) in [7, 11) is 1.62. The lowest BCUT2D eigenvalue weighted by Gasteiger charge is -2.13. The second-order valence-electron chi connectivity index (χ2n) is 6.92. The summed E-state index contributed by atoms with van der Waals surface area (Å²) in [5.41, 5.74) is 0.232. The minimum atomic E-state index is -1.68. The van der Waals surface area contributed by atoms with E-state index < -0.39 is 17.4 Å². The van der Waals surface area contributed by atoms with Gasteiger partial charge in [-0.2, -0.15) is 10.4 Å². The highest BCUT2D eigenvalue weighted by atomic mass is 16.3. The van der Waals surface area contributed by atoms with Gasteiger partial charge in [-0.15, -0.1) is 0 Å². The number of benzene rings is 1. The van der Waals surface area contributed by atoms with E-state index in [0.717, 1.165) is 0 Å². The fourth-order valence-corrected chi connectivity index (χ4v) is 3.16. The number of nitrogens with zero attached hydrogens (tertiary/aromatic N) is 4. The Bertz CT molecular complexity index is 1280. The maximum atomic E-state index is 12.6. The predicted octanol–water partition coefficient (Wildman–Crippen LogP) is 1.03. The van der Waals surface area contributed by atoms with E-state index >= 15 is 0 Å². The Morgan fingerprint density at radius 2 is 2.23 bits per heavy atom. The third kappa shape index (κ3) is 3.46. The van der Waals surface area contributed by atoms with E-state index in [1.807, 2.05) is 6.07 Å². The highest BCUT2D eigenvalue weighted by Gasteiger charge is 2.42. The van der Waals surface area contributed by atoms with Crippen LogP contribution in [0.25, 0.3) is 10.9 Å². The number of amides is 2. The number of nitrogens with one attached hydrogen (secondary N) is 2. The molecule has 0 spiro atoms. The molecule has 0 bridgehead atoms. The summed E-state index contributed by atoms with van der Waals surface area (Å²) in [5.74, 6) is 4.58. The van der Waals surface area contributed by atoms with E-state index in [1.54, 1.807) is 31.3 Å². The Morgan fingerprint density at radius 1 is 1.40 bits per heavy atom. The predicted molar refractivity (Wildman–Crippen MR) is 107 cm³/mol. The molecular weight excluding hydrogens is 384 g/mol. The first-order chi connectivity index (χ1) is 14.4. The van der Waals surface area contributed by atoms with Crippen LogP contribution in [0.3, 0.4) is 0 Å². The van der Waals surface area contributed by atoms with Crippen LogP contribution in [-0.2, 0) is 4.79 Å². The average molecular weight is 400 g/mol.